The second-order valence-electron chi connectivity index (χ2n) is 8.76. The highest BCUT2D eigenvalue weighted by atomic mass is 32.1. The van der Waals surface area contributed by atoms with Crippen LogP contribution in [-0.4, -0.2) is 51.7 Å². The predicted octanol–water partition coefficient (Wildman–Crippen LogP) is 1.76. The number of hydrogen-bond acceptors (Lipinski definition) is 6. The van der Waals surface area contributed by atoms with Gasteiger partial charge in [0.15, 0.2) is 0 Å². The number of benzene rings is 1. The Kier molecular flexibility index (Phi) is 4.42. The van der Waals surface area contributed by atoms with Crippen molar-refractivity contribution in [3.8, 4) is 0 Å². The summed E-state index contributed by atoms with van der Waals surface area (Å²) in [6, 6.07) is 10.9. The second kappa shape index (κ2) is 7.28. The van der Waals surface area contributed by atoms with Gasteiger partial charge in [0.1, 0.15) is 17.2 Å². The van der Waals surface area contributed by atoms with Crippen LogP contribution in [0.1, 0.15) is 28.8 Å². The van der Waals surface area contributed by atoms with Crippen molar-refractivity contribution in [3.05, 3.63) is 46.3 Å². The highest BCUT2D eigenvalue weighted by Crippen LogP contribution is 2.39. The predicted molar refractivity (Wildman–Crippen MR) is 118 cm³/mol. The minimum atomic E-state index is 0.614. The lowest BCUT2D eigenvalue weighted by atomic mass is 9.90. The monoisotopic (exact) mass is 420 g/mol. The average Bonchev–Trinajstić information content (AvgIpc) is 3.38. The van der Waals surface area contributed by atoms with E-state index in [1.807, 2.05) is 15.9 Å². The number of tetrazole rings is 1. The van der Waals surface area contributed by atoms with Crippen LogP contribution in [0.4, 0.5) is 5.82 Å². The Bertz CT molecular complexity index is 1190. The molecule has 30 heavy (non-hydrogen) atoms. The molecule has 3 aromatic heterocycles. The lowest BCUT2D eigenvalue weighted by molar-refractivity contribution is -0.895. The largest absolute Gasteiger partial charge is 0.356 e. The van der Waals surface area contributed by atoms with Crippen molar-refractivity contribution in [3.63, 3.8) is 0 Å². The minimum absolute atomic E-state index is 0.614. The van der Waals surface area contributed by atoms with Crippen LogP contribution in [0.15, 0.2) is 30.3 Å². The molecule has 7 nitrogen and oxygen atoms in total. The van der Waals surface area contributed by atoms with Crippen LogP contribution in [0.3, 0.4) is 0 Å². The maximum atomic E-state index is 4.95. The molecular weight excluding hydrogens is 394 g/mol. The van der Waals surface area contributed by atoms with Gasteiger partial charge in [-0.15, -0.1) is 11.3 Å². The lowest BCUT2D eigenvalue weighted by Gasteiger charge is -2.33. The first-order valence-corrected chi connectivity index (χ1v) is 11.7. The summed E-state index contributed by atoms with van der Waals surface area (Å²) in [4.78, 5) is 11.6. The van der Waals surface area contributed by atoms with E-state index in [4.69, 9.17) is 4.98 Å². The molecule has 2 aliphatic rings. The molecule has 0 bridgehead atoms. The fraction of sp³-hybridized carbons (Fsp3) is 0.455. The van der Waals surface area contributed by atoms with E-state index >= 15 is 0 Å². The van der Waals surface area contributed by atoms with Gasteiger partial charge in [0.05, 0.1) is 23.9 Å². The number of piperidine rings is 1. The number of nitrogens with one attached hydrogen (secondary N) is 1. The van der Waals surface area contributed by atoms with Gasteiger partial charge in [0, 0.05) is 19.5 Å². The lowest BCUT2D eigenvalue weighted by Crippen LogP contribution is -3.08. The highest BCUT2D eigenvalue weighted by molar-refractivity contribution is 7.19. The van der Waals surface area contributed by atoms with Gasteiger partial charge >= 0.3 is 0 Å². The Hall–Kier alpha value is -2.58. The Morgan fingerprint density at radius 2 is 2.00 bits per heavy atom. The number of likely N-dealkylation sites (N-methyl/N-ethyl adjacent to an activating group) is 1. The van der Waals surface area contributed by atoms with Crippen molar-refractivity contribution in [2.75, 3.05) is 31.6 Å². The summed E-state index contributed by atoms with van der Waals surface area (Å²) in [6.07, 6.45) is 4.68. The quantitative estimate of drug-likeness (QED) is 0.547. The number of nitrogens with zero attached hydrogens (tertiary/aromatic N) is 6. The third-order valence-electron chi connectivity index (χ3n) is 6.69. The number of hydrogen-bond donors (Lipinski definition) is 1. The van der Waals surface area contributed by atoms with Crippen LogP contribution in [0, 0.1) is 5.92 Å². The van der Waals surface area contributed by atoms with Crippen LogP contribution >= 0.6 is 11.3 Å². The number of aromatic nitrogens is 5. The summed E-state index contributed by atoms with van der Waals surface area (Å²) in [7, 11) is 2.27. The Balaban J connectivity index is 1.34. The van der Waals surface area contributed by atoms with Gasteiger partial charge in [0.2, 0.25) is 0 Å². The number of quaternary nitrogens is 1. The van der Waals surface area contributed by atoms with E-state index in [0.29, 0.717) is 5.78 Å². The number of thiophene rings is 1. The van der Waals surface area contributed by atoms with E-state index < -0.39 is 0 Å². The molecule has 1 fully saturated rings. The Morgan fingerprint density at radius 1 is 1.17 bits per heavy atom. The van der Waals surface area contributed by atoms with Crippen LogP contribution in [0.25, 0.3) is 16.0 Å². The van der Waals surface area contributed by atoms with Gasteiger partial charge in [-0.25, -0.2) is 0 Å². The molecule has 154 valence electrons. The van der Waals surface area contributed by atoms with Crippen molar-refractivity contribution in [2.24, 2.45) is 5.92 Å². The Labute approximate surface area is 179 Å². The number of rotatable bonds is 3. The standard InChI is InChI=1S/C22H25N7S/c1-27-10-9-17-18(14-27)30-21-19(17)20(23-22-24-25-26-29(21)22)28-11-7-16(8-12-28)13-15-5-3-2-4-6-15/h2-6,16H,7-14H2,1H3/p+1. The molecule has 0 radical (unpaired) electrons. The highest BCUT2D eigenvalue weighted by Gasteiger charge is 2.29. The molecule has 4 aromatic rings. The summed E-state index contributed by atoms with van der Waals surface area (Å²) >= 11 is 1.85. The van der Waals surface area contributed by atoms with Crippen LogP contribution < -0.4 is 9.80 Å². The topological polar surface area (TPSA) is 63.7 Å². The number of anilines is 1. The Morgan fingerprint density at radius 3 is 2.83 bits per heavy atom. The zero-order valence-electron chi connectivity index (χ0n) is 17.2. The molecule has 1 N–H and O–H groups in total. The molecule has 2 aliphatic heterocycles. The zero-order valence-corrected chi connectivity index (χ0v) is 18.0. The van der Waals surface area contributed by atoms with E-state index in [1.165, 1.54) is 47.2 Å². The molecule has 0 amide bonds. The maximum absolute atomic E-state index is 4.95. The van der Waals surface area contributed by atoms with Crippen LogP contribution in [0.2, 0.25) is 0 Å². The molecule has 6 rings (SSSR count). The van der Waals surface area contributed by atoms with Crippen LogP contribution in [0.5, 0.6) is 0 Å². The van der Waals surface area contributed by atoms with Gasteiger partial charge in [-0.1, -0.05) is 35.4 Å². The van der Waals surface area contributed by atoms with Gasteiger partial charge in [0.25, 0.3) is 5.78 Å². The number of fused-ring (bicyclic) bond motifs is 5. The van der Waals surface area contributed by atoms with Crippen molar-refractivity contribution in [2.45, 2.75) is 32.2 Å². The van der Waals surface area contributed by atoms with Gasteiger partial charge in [-0.2, -0.15) is 9.50 Å². The van der Waals surface area contributed by atoms with E-state index in [1.54, 1.807) is 4.90 Å². The van der Waals surface area contributed by atoms with Gasteiger partial charge < -0.3 is 9.80 Å². The smallest absolute Gasteiger partial charge is 0.276 e. The van der Waals surface area contributed by atoms with Crippen LogP contribution in [-0.2, 0) is 19.4 Å². The third kappa shape index (κ3) is 3.06. The summed E-state index contributed by atoms with van der Waals surface area (Å²) in [6.45, 7) is 4.35. The summed E-state index contributed by atoms with van der Waals surface area (Å²) in [5.41, 5.74) is 2.93. The zero-order chi connectivity index (χ0) is 20.1. The molecule has 0 saturated carbocycles. The molecular formula is C22H26N7S+. The van der Waals surface area contributed by atoms with E-state index in [9.17, 15) is 0 Å². The average molecular weight is 421 g/mol. The molecule has 8 heteroatoms. The second-order valence-corrected chi connectivity index (χ2v) is 9.85. The normalized spacial score (nSPS) is 20.2. The first-order valence-electron chi connectivity index (χ1n) is 10.9. The van der Waals surface area contributed by atoms with Crippen molar-refractivity contribution < 1.29 is 4.90 Å². The molecule has 0 spiro atoms. The molecule has 1 saturated heterocycles. The summed E-state index contributed by atoms with van der Waals surface area (Å²) in [5, 5.41) is 13.6. The molecule has 0 aliphatic carbocycles. The van der Waals surface area contributed by atoms with E-state index in [2.05, 4.69) is 57.8 Å². The summed E-state index contributed by atoms with van der Waals surface area (Å²) < 4.78 is 1.83. The first-order chi connectivity index (χ1) is 14.8. The molecule has 5 heterocycles. The molecule has 1 unspecified atom stereocenters. The van der Waals surface area contributed by atoms with E-state index in [0.717, 1.165) is 42.6 Å². The first kappa shape index (κ1) is 18.2. The van der Waals surface area contributed by atoms with E-state index in [-0.39, 0.29) is 0 Å². The van der Waals surface area contributed by atoms with Crippen molar-refractivity contribution in [1.82, 2.24) is 25.0 Å². The fourth-order valence-corrected chi connectivity index (χ4v) is 6.45. The fourth-order valence-electron chi connectivity index (χ4n) is 5.04. The third-order valence-corrected chi connectivity index (χ3v) is 7.90. The van der Waals surface area contributed by atoms with Crippen molar-refractivity contribution in [1.29, 1.82) is 0 Å². The molecule has 1 aromatic carbocycles. The van der Waals surface area contributed by atoms with Gasteiger partial charge in [-0.3, -0.25) is 0 Å². The maximum Gasteiger partial charge on any atom is 0.276 e. The minimum Gasteiger partial charge on any atom is -0.356 e. The molecule has 1 atom stereocenters. The van der Waals surface area contributed by atoms with Gasteiger partial charge in [-0.05, 0) is 46.7 Å². The SMILES string of the molecule is C[NH+]1CCc2c(sc3c2c(N2CCC(Cc4ccccc4)CC2)nc2nnnn23)C1. The van der Waals surface area contributed by atoms with Crippen molar-refractivity contribution >= 4 is 33.1 Å². The summed E-state index contributed by atoms with van der Waals surface area (Å²) in [5.74, 6) is 2.46.